The number of likely N-dealkylation sites (N-methyl/N-ethyl adjacent to an activating group) is 1. The number of rotatable bonds is 8. The maximum Gasteiger partial charge on any atom is 0.200 e. The first-order chi connectivity index (χ1) is 15.5. The Labute approximate surface area is 184 Å². The van der Waals surface area contributed by atoms with Gasteiger partial charge in [0.1, 0.15) is 0 Å². The Morgan fingerprint density at radius 1 is 1.09 bits per heavy atom. The third kappa shape index (κ3) is 4.38. The van der Waals surface area contributed by atoms with Crippen molar-refractivity contribution < 1.29 is 13.5 Å². The van der Waals surface area contributed by atoms with Gasteiger partial charge in [0.2, 0.25) is 5.82 Å². The van der Waals surface area contributed by atoms with Gasteiger partial charge in [0.25, 0.3) is 0 Å². The van der Waals surface area contributed by atoms with Crippen LogP contribution >= 0.6 is 0 Å². The first-order valence-corrected chi connectivity index (χ1v) is 10.3. The monoisotopic (exact) mass is 438 g/mol. The molecule has 4 aromatic rings. The van der Waals surface area contributed by atoms with E-state index in [0.29, 0.717) is 30.0 Å². The normalized spacial score (nSPS) is 11.2. The summed E-state index contributed by atoms with van der Waals surface area (Å²) in [6.07, 6.45) is 5.31. The highest BCUT2D eigenvalue weighted by atomic mass is 19.2. The Bertz CT molecular complexity index is 1240. The SMILES string of the molecule is CCNCCN(c1cc(F)c(F)c(OC)c1)c1ccc2ncc(-c3cnn(C)c3)nc2c1. The van der Waals surface area contributed by atoms with E-state index in [1.807, 2.05) is 43.3 Å². The van der Waals surface area contributed by atoms with Crippen molar-refractivity contribution >= 4 is 22.4 Å². The molecule has 9 heteroatoms. The van der Waals surface area contributed by atoms with E-state index < -0.39 is 11.6 Å². The van der Waals surface area contributed by atoms with Crippen molar-refractivity contribution in [3.63, 3.8) is 0 Å². The summed E-state index contributed by atoms with van der Waals surface area (Å²) in [7, 11) is 3.16. The van der Waals surface area contributed by atoms with Crippen molar-refractivity contribution in [1.82, 2.24) is 25.1 Å². The molecule has 0 spiro atoms. The second kappa shape index (κ2) is 9.27. The molecule has 0 amide bonds. The summed E-state index contributed by atoms with van der Waals surface area (Å²) in [5.74, 6) is -2.12. The first-order valence-electron chi connectivity index (χ1n) is 10.3. The van der Waals surface area contributed by atoms with Gasteiger partial charge in [-0.1, -0.05) is 6.92 Å². The average Bonchev–Trinajstić information content (AvgIpc) is 3.24. The van der Waals surface area contributed by atoms with E-state index in [-0.39, 0.29) is 5.75 Å². The number of hydrogen-bond acceptors (Lipinski definition) is 6. The molecule has 2 aromatic heterocycles. The lowest BCUT2D eigenvalue weighted by Gasteiger charge is -2.26. The molecule has 0 saturated heterocycles. The molecule has 1 N–H and O–H groups in total. The van der Waals surface area contributed by atoms with Crippen LogP contribution in [0.5, 0.6) is 5.75 Å². The molecule has 0 unspecified atom stereocenters. The second-order valence-electron chi connectivity index (χ2n) is 7.28. The van der Waals surface area contributed by atoms with Gasteiger partial charge >= 0.3 is 0 Å². The summed E-state index contributed by atoms with van der Waals surface area (Å²) in [5, 5.41) is 7.45. The van der Waals surface area contributed by atoms with Gasteiger partial charge in [-0.15, -0.1) is 0 Å². The first kappa shape index (κ1) is 21.6. The van der Waals surface area contributed by atoms with Gasteiger partial charge in [0, 0.05) is 55.4 Å². The number of benzene rings is 2. The predicted octanol–water partition coefficient (Wildman–Crippen LogP) is 4.06. The number of ether oxygens (including phenoxy) is 1. The molecule has 0 aliphatic carbocycles. The van der Waals surface area contributed by atoms with Crippen LogP contribution in [0.2, 0.25) is 0 Å². The second-order valence-corrected chi connectivity index (χ2v) is 7.28. The van der Waals surface area contributed by atoms with Crippen molar-refractivity contribution in [2.45, 2.75) is 6.92 Å². The average molecular weight is 438 g/mol. The summed E-state index contributed by atoms with van der Waals surface area (Å²) in [4.78, 5) is 11.1. The van der Waals surface area contributed by atoms with Gasteiger partial charge in [0.15, 0.2) is 11.6 Å². The van der Waals surface area contributed by atoms with Crippen molar-refractivity contribution in [2.24, 2.45) is 7.05 Å². The minimum absolute atomic E-state index is 0.145. The number of hydrogen-bond donors (Lipinski definition) is 1. The summed E-state index contributed by atoms with van der Waals surface area (Å²) >= 11 is 0. The lowest BCUT2D eigenvalue weighted by Crippen LogP contribution is -2.29. The van der Waals surface area contributed by atoms with Crippen LogP contribution in [0.3, 0.4) is 0 Å². The summed E-state index contributed by atoms with van der Waals surface area (Å²) < 4.78 is 35.0. The quantitative estimate of drug-likeness (QED) is 0.419. The van der Waals surface area contributed by atoms with Crippen LogP contribution in [0.1, 0.15) is 6.92 Å². The van der Waals surface area contributed by atoms with E-state index in [1.54, 1.807) is 17.1 Å². The Morgan fingerprint density at radius 3 is 2.66 bits per heavy atom. The van der Waals surface area contributed by atoms with Crippen LogP contribution in [0.4, 0.5) is 20.2 Å². The lowest BCUT2D eigenvalue weighted by atomic mass is 10.2. The zero-order chi connectivity index (χ0) is 22.7. The van der Waals surface area contributed by atoms with E-state index in [1.165, 1.54) is 19.2 Å². The molecule has 2 heterocycles. The maximum absolute atomic E-state index is 14.3. The minimum Gasteiger partial charge on any atom is -0.493 e. The molecular formula is C23H24F2N6O. The molecule has 166 valence electrons. The molecule has 0 saturated carbocycles. The highest BCUT2D eigenvalue weighted by Crippen LogP contribution is 2.33. The molecule has 0 atom stereocenters. The Kier molecular flexibility index (Phi) is 6.27. The summed E-state index contributed by atoms with van der Waals surface area (Å²) in [6, 6.07) is 8.31. The van der Waals surface area contributed by atoms with Crippen LogP contribution in [0.25, 0.3) is 22.3 Å². The number of fused-ring (bicyclic) bond motifs is 1. The Hall–Kier alpha value is -3.59. The third-order valence-corrected chi connectivity index (χ3v) is 5.11. The third-order valence-electron chi connectivity index (χ3n) is 5.11. The number of nitrogens with zero attached hydrogens (tertiary/aromatic N) is 5. The molecule has 0 bridgehead atoms. The highest BCUT2D eigenvalue weighted by molar-refractivity contribution is 5.82. The molecule has 32 heavy (non-hydrogen) atoms. The van der Waals surface area contributed by atoms with E-state index >= 15 is 0 Å². The molecule has 7 nitrogen and oxygen atoms in total. The Morgan fingerprint density at radius 2 is 1.94 bits per heavy atom. The van der Waals surface area contributed by atoms with E-state index in [2.05, 4.69) is 15.4 Å². The number of halogens is 2. The van der Waals surface area contributed by atoms with Crippen LogP contribution in [-0.4, -0.2) is 46.5 Å². The topological polar surface area (TPSA) is 68.1 Å². The molecule has 0 fully saturated rings. The van der Waals surface area contributed by atoms with Gasteiger partial charge in [-0.3, -0.25) is 9.67 Å². The van der Waals surface area contributed by atoms with E-state index in [0.717, 1.165) is 23.3 Å². The van der Waals surface area contributed by atoms with Crippen molar-refractivity contribution in [3.05, 3.63) is 60.6 Å². The number of anilines is 2. The number of nitrogens with one attached hydrogen (secondary N) is 1. The largest absolute Gasteiger partial charge is 0.493 e. The smallest absolute Gasteiger partial charge is 0.200 e. The van der Waals surface area contributed by atoms with Crippen LogP contribution in [-0.2, 0) is 7.05 Å². The summed E-state index contributed by atoms with van der Waals surface area (Å²) in [6.45, 7) is 3.99. The maximum atomic E-state index is 14.3. The number of methoxy groups -OCH3 is 1. The lowest BCUT2D eigenvalue weighted by molar-refractivity contribution is 0.372. The van der Waals surface area contributed by atoms with E-state index in [4.69, 9.17) is 9.72 Å². The fourth-order valence-electron chi connectivity index (χ4n) is 3.49. The van der Waals surface area contributed by atoms with E-state index in [9.17, 15) is 8.78 Å². The van der Waals surface area contributed by atoms with Gasteiger partial charge in [-0.25, -0.2) is 9.37 Å². The molecule has 0 radical (unpaired) electrons. The standard InChI is InChI=1S/C23H24F2N6O/c1-4-26-7-8-31(17-9-18(24)23(25)22(11-17)32-3)16-5-6-19-20(10-16)29-21(13-27-19)15-12-28-30(2)14-15/h5-6,9-14,26H,4,7-8H2,1-3H3. The molecular weight excluding hydrogens is 414 g/mol. The van der Waals surface area contributed by atoms with Crippen molar-refractivity contribution in [1.29, 1.82) is 0 Å². The number of aromatic nitrogens is 4. The molecule has 0 aliphatic heterocycles. The van der Waals surface area contributed by atoms with Gasteiger partial charge in [0.05, 0.1) is 36.2 Å². The molecule has 2 aromatic carbocycles. The Balaban J connectivity index is 1.77. The zero-order valence-corrected chi connectivity index (χ0v) is 18.1. The van der Waals surface area contributed by atoms with Gasteiger partial charge in [-0.05, 0) is 24.7 Å². The predicted molar refractivity (Wildman–Crippen MR) is 120 cm³/mol. The minimum atomic E-state index is -1.01. The van der Waals surface area contributed by atoms with Gasteiger partial charge < -0.3 is 15.0 Å². The fraction of sp³-hybridized carbons (Fsp3) is 0.261. The van der Waals surface area contributed by atoms with Crippen LogP contribution < -0.4 is 15.0 Å². The van der Waals surface area contributed by atoms with Crippen LogP contribution in [0, 0.1) is 11.6 Å². The van der Waals surface area contributed by atoms with Crippen LogP contribution in [0.15, 0.2) is 48.9 Å². The van der Waals surface area contributed by atoms with Crippen molar-refractivity contribution in [3.8, 4) is 17.0 Å². The number of aryl methyl sites for hydroxylation is 1. The van der Waals surface area contributed by atoms with Crippen molar-refractivity contribution in [2.75, 3.05) is 31.6 Å². The highest BCUT2D eigenvalue weighted by Gasteiger charge is 2.17. The summed E-state index contributed by atoms with van der Waals surface area (Å²) in [5.41, 5.74) is 4.25. The fourth-order valence-corrected chi connectivity index (χ4v) is 3.49. The zero-order valence-electron chi connectivity index (χ0n) is 18.1. The molecule has 0 aliphatic rings. The molecule has 4 rings (SSSR count). The van der Waals surface area contributed by atoms with Gasteiger partial charge in [-0.2, -0.15) is 9.49 Å².